The number of nitrogens with zero attached hydrogens (tertiary/aromatic N) is 1. The van der Waals surface area contributed by atoms with Gasteiger partial charge in [-0.05, 0) is 32.4 Å². The van der Waals surface area contributed by atoms with Gasteiger partial charge in [-0.25, -0.2) is 0 Å². The maximum absolute atomic E-state index is 11.6. The van der Waals surface area contributed by atoms with Gasteiger partial charge in [0.1, 0.15) is 0 Å². The third kappa shape index (κ3) is 1.98. The zero-order chi connectivity index (χ0) is 10.1. The van der Waals surface area contributed by atoms with E-state index in [1.54, 1.807) is 16.8 Å². The molecule has 0 saturated heterocycles. The highest BCUT2D eigenvalue weighted by Gasteiger charge is 2.18. The van der Waals surface area contributed by atoms with Crippen molar-refractivity contribution in [1.29, 1.82) is 0 Å². The van der Waals surface area contributed by atoms with Crippen LogP contribution in [0.15, 0.2) is 23.1 Å². The smallest absolute Gasteiger partial charge is 0.251 e. The average Bonchev–Trinajstić information content (AvgIpc) is 2.03. The van der Waals surface area contributed by atoms with E-state index in [1.807, 2.05) is 26.8 Å². The first-order valence-electron chi connectivity index (χ1n) is 4.37. The molecule has 0 radical (unpaired) electrons. The Balaban J connectivity index is 3.24. The predicted molar refractivity (Wildman–Crippen MR) is 53.8 cm³/mol. The number of hydrogen-bond acceptors (Lipinski definition) is 2. The molecule has 1 rings (SSSR count). The maximum atomic E-state index is 11.6. The predicted octanol–water partition coefficient (Wildman–Crippen LogP) is 0.851. The molecule has 2 N–H and O–H groups in total. The monoisotopic (exact) mass is 180 g/mol. The summed E-state index contributed by atoms with van der Waals surface area (Å²) >= 11 is 0. The first-order valence-corrected chi connectivity index (χ1v) is 4.37. The Morgan fingerprint density at radius 2 is 2.15 bits per heavy atom. The summed E-state index contributed by atoms with van der Waals surface area (Å²) < 4.78 is 1.67. The molecule has 0 saturated carbocycles. The molecule has 0 aliphatic rings. The third-order valence-corrected chi connectivity index (χ3v) is 2.23. The van der Waals surface area contributed by atoms with Gasteiger partial charge in [0.2, 0.25) is 0 Å². The molecule has 0 aliphatic carbocycles. The van der Waals surface area contributed by atoms with E-state index in [-0.39, 0.29) is 11.1 Å². The van der Waals surface area contributed by atoms with Crippen molar-refractivity contribution in [3.05, 3.63) is 34.2 Å². The molecule has 0 aromatic carbocycles. The highest BCUT2D eigenvalue weighted by Crippen LogP contribution is 2.09. The highest BCUT2D eigenvalue weighted by molar-refractivity contribution is 5.09. The van der Waals surface area contributed by atoms with Gasteiger partial charge in [-0.1, -0.05) is 0 Å². The van der Waals surface area contributed by atoms with Crippen LogP contribution in [0.25, 0.3) is 0 Å². The van der Waals surface area contributed by atoms with Gasteiger partial charge in [-0.15, -0.1) is 0 Å². The van der Waals surface area contributed by atoms with E-state index < -0.39 is 0 Å². The van der Waals surface area contributed by atoms with Crippen molar-refractivity contribution in [2.45, 2.75) is 26.3 Å². The molecule has 13 heavy (non-hydrogen) atoms. The summed E-state index contributed by atoms with van der Waals surface area (Å²) in [6.07, 6.45) is 1.80. The Hall–Kier alpha value is -1.09. The molecule has 3 heteroatoms. The molecule has 1 heterocycles. The maximum Gasteiger partial charge on any atom is 0.251 e. The van der Waals surface area contributed by atoms with Crippen molar-refractivity contribution >= 4 is 0 Å². The van der Waals surface area contributed by atoms with Crippen LogP contribution in [-0.4, -0.2) is 11.1 Å². The van der Waals surface area contributed by atoms with E-state index in [1.165, 1.54) is 0 Å². The van der Waals surface area contributed by atoms with Crippen molar-refractivity contribution in [2.75, 3.05) is 6.54 Å². The standard InChI is InChI=1S/C10H16N2O/c1-8-4-5-12(9(13)6-8)10(2,3)7-11/h4-6H,7,11H2,1-3H3. The van der Waals surface area contributed by atoms with Crippen LogP contribution in [0, 0.1) is 6.92 Å². The number of hydrogen-bond donors (Lipinski definition) is 1. The molecular formula is C10H16N2O. The number of aromatic nitrogens is 1. The number of rotatable bonds is 2. The lowest BCUT2D eigenvalue weighted by Gasteiger charge is -2.25. The Kier molecular flexibility index (Phi) is 2.57. The first-order chi connectivity index (χ1) is 5.97. The molecule has 0 amide bonds. The van der Waals surface area contributed by atoms with Crippen molar-refractivity contribution in [1.82, 2.24) is 4.57 Å². The summed E-state index contributed by atoms with van der Waals surface area (Å²) in [6.45, 7) is 6.25. The average molecular weight is 180 g/mol. The van der Waals surface area contributed by atoms with Gasteiger partial charge in [0.05, 0.1) is 5.54 Å². The zero-order valence-electron chi connectivity index (χ0n) is 8.37. The van der Waals surface area contributed by atoms with Crippen LogP contribution in [0.5, 0.6) is 0 Å². The fourth-order valence-electron chi connectivity index (χ4n) is 1.18. The van der Waals surface area contributed by atoms with Crippen molar-refractivity contribution in [3.63, 3.8) is 0 Å². The number of nitrogens with two attached hydrogens (primary N) is 1. The van der Waals surface area contributed by atoms with Gasteiger partial charge in [-0.3, -0.25) is 4.79 Å². The number of pyridine rings is 1. The lowest BCUT2D eigenvalue weighted by molar-refractivity contribution is 0.355. The third-order valence-electron chi connectivity index (χ3n) is 2.23. The summed E-state index contributed by atoms with van der Waals surface area (Å²) in [7, 11) is 0. The molecular weight excluding hydrogens is 164 g/mol. The largest absolute Gasteiger partial charge is 0.328 e. The minimum atomic E-state index is -0.301. The summed E-state index contributed by atoms with van der Waals surface area (Å²) in [5.41, 5.74) is 6.28. The summed E-state index contributed by atoms with van der Waals surface area (Å²) in [6, 6.07) is 3.54. The Labute approximate surface area is 78.2 Å². The molecule has 3 nitrogen and oxygen atoms in total. The van der Waals surface area contributed by atoms with Gasteiger partial charge in [0.15, 0.2) is 0 Å². The van der Waals surface area contributed by atoms with Crippen molar-refractivity contribution in [3.8, 4) is 0 Å². The van der Waals surface area contributed by atoms with Gasteiger partial charge >= 0.3 is 0 Å². The summed E-state index contributed by atoms with van der Waals surface area (Å²) in [5, 5.41) is 0. The first kappa shape index (κ1) is 9.99. The van der Waals surface area contributed by atoms with Gasteiger partial charge in [-0.2, -0.15) is 0 Å². The van der Waals surface area contributed by atoms with Crippen molar-refractivity contribution in [2.24, 2.45) is 5.73 Å². The van der Waals surface area contributed by atoms with E-state index in [9.17, 15) is 4.79 Å². The molecule has 1 aromatic heterocycles. The lowest BCUT2D eigenvalue weighted by Crippen LogP contribution is -2.41. The molecule has 0 bridgehead atoms. The van der Waals surface area contributed by atoms with E-state index in [2.05, 4.69) is 0 Å². The lowest BCUT2D eigenvalue weighted by atomic mass is 10.1. The summed E-state index contributed by atoms with van der Waals surface area (Å²) in [4.78, 5) is 11.6. The molecule has 1 aromatic rings. The van der Waals surface area contributed by atoms with Crippen molar-refractivity contribution < 1.29 is 0 Å². The molecule has 0 aliphatic heterocycles. The second-order valence-electron chi connectivity index (χ2n) is 3.93. The Morgan fingerprint density at radius 1 is 1.54 bits per heavy atom. The normalized spacial score (nSPS) is 11.7. The Morgan fingerprint density at radius 3 is 2.62 bits per heavy atom. The summed E-state index contributed by atoms with van der Waals surface area (Å²) in [5.74, 6) is 0. The van der Waals surface area contributed by atoms with Gasteiger partial charge < -0.3 is 10.3 Å². The van der Waals surface area contributed by atoms with Crippen LogP contribution >= 0.6 is 0 Å². The van der Waals surface area contributed by atoms with Crippen LogP contribution < -0.4 is 11.3 Å². The van der Waals surface area contributed by atoms with E-state index in [0.717, 1.165) is 5.56 Å². The van der Waals surface area contributed by atoms with Crippen LogP contribution in [0.4, 0.5) is 0 Å². The van der Waals surface area contributed by atoms with Crippen LogP contribution in [-0.2, 0) is 5.54 Å². The fraction of sp³-hybridized carbons (Fsp3) is 0.500. The quantitative estimate of drug-likeness (QED) is 0.733. The van der Waals surface area contributed by atoms with Gasteiger partial charge in [0, 0.05) is 18.8 Å². The fourth-order valence-corrected chi connectivity index (χ4v) is 1.18. The molecule has 72 valence electrons. The highest BCUT2D eigenvalue weighted by atomic mass is 16.1. The molecule has 0 fully saturated rings. The second-order valence-corrected chi connectivity index (χ2v) is 3.93. The molecule has 0 spiro atoms. The molecule has 0 atom stereocenters. The van der Waals surface area contributed by atoms with Crippen LogP contribution in [0.1, 0.15) is 19.4 Å². The van der Waals surface area contributed by atoms with E-state index >= 15 is 0 Å². The minimum absolute atomic E-state index is 0.00968. The minimum Gasteiger partial charge on any atom is -0.328 e. The van der Waals surface area contributed by atoms with E-state index in [4.69, 9.17) is 5.73 Å². The number of aryl methyl sites for hydroxylation is 1. The molecule has 0 unspecified atom stereocenters. The van der Waals surface area contributed by atoms with E-state index in [0.29, 0.717) is 6.54 Å². The second kappa shape index (κ2) is 3.34. The Bertz CT molecular complexity index is 352. The zero-order valence-corrected chi connectivity index (χ0v) is 8.37. The van der Waals surface area contributed by atoms with Crippen LogP contribution in [0.3, 0.4) is 0 Å². The SMILES string of the molecule is Cc1ccn(C(C)(C)CN)c(=O)c1. The topological polar surface area (TPSA) is 48.0 Å². The van der Waals surface area contributed by atoms with Crippen LogP contribution in [0.2, 0.25) is 0 Å². The van der Waals surface area contributed by atoms with Gasteiger partial charge in [0.25, 0.3) is 5.56 Å².